The molecule has 0 bridgehead atoms. The maximum Gasteiger partial charge on any atom is 0.201 e. The lowest BCUT2D eigenvalue weighted by Crippen LogP contribution is -2.25. The summed E-state index contributed by atoms with van der Waals surface area (Å²) in [4.78, 5) is 4.41. The fourth-order valence-electron chi connectivity index (χ4n) is 4.52. The van der Waals surface area contributed by atoms with Gasteiger partial charge >= 0.3 is 0 Å². The molecule has 6 nitrogen and oxygen atoms in total. The molecule has 0 spiro atoms. The summed E-state index contributed by atoms with van der Waals surface area (Å²) >= 11 is 0. The smallest absolute Gasteiger partial charge is 0.201 e. The second-order valence-corrected chi connectivity index (χ2v) is 10.2. The van der Waals surface area contributed by atoms with Crippen molar-refractivity contribution in [3.63, 3.8) is 0 Å². The fraction of sp³-hybridized carbons (Fsp3) is 0.379. The van der Waals surface area contributed by atoms with Gasteiger partial charge in [0.2, 0.25) is 5.82 Å². The molecule has 2 heterocycles. The molecule has 0 radical (unpaired) electrons. The van der Waals surface area contributed by atoms with Gasteiger partial charge in [-0.15, -0.1) is 0 Å². The van der Waals surface area contributed by atoms with Gasteiger partial charge in [0.05, 0.1) is 24.5 Å². The Balaban J connectivity index is 1.67. The minimum atomic E-state index is -1.14. The second-order valence-electron chi connectivity index (χ2n) is 10.2. The van der Waals surface area contributed by atoms with Crippen LogP contribution in [0.4, 0.5) is 13.2 Å². The van der Waals surface area contributed by atoms with E-state index in [1.165, 1.54) is 6.07 Å². The average molecular weight is 527 g/mol. The molecule has 0 aliphatic carbocycles. The molecule has 9 heteroatoms. The molecule has 202 valence electrons. The predicted octanol–water partition coefficient (Wildman–Crippen LogP) is 5.59. The third-order valence-corrected chi connectivity index (χ3v) is 6.99. The maximum absolute atomic E-state index is 15.1. The van der Waals surface area contributed by atoms with Crippen LogP contribution in [0.2, 0.25) is 0 Å². The fourth-order valence-corrected chi connectivity index (χ4v) is 4.52. The Morgan fingerprint density at radius 1 is 1.16 bits per heavy atom. The maximum atomic E-state index is 15.1. The lowest BCUT2D eigenvalue weighted by Gasteiger charge is -2.26. The SMILES string of the molecule is CNCc1ccnc2ccc(-c3ccc(F)c(F)c3OCCc3c(C(O)C(C)(C)CF)nn(C)c3C)cc12. The average Bonchev–Trinajstić information content (AvgIpc) is 3.19. The molecule has 2 aromatic carbocycles. The number of aliphatic hydroxyl groups is 1. The predicted molar refractivity (Wildman–Crippen MR) is 142 cm³/mol. The number of aryl methyl sites for hydroxylation is 1. The van der Waals surface area contributed by atoms with Gasteiger partial charge in [-0.1, -0.05) is 19.9 Å². The lowest BCUT2D eigenvalue weighted by atomic mass is 9.84. The van der Waals surface area contributed by atoms with Gasteiger partial charge in [-0.2, -0.15) is 9.49 Å². The number of aromatic nitrogens is 3. The number of ether oxygens (including phenoxy) is 1. The van der Waals surface area contributed by atoms with Crippen LogP contribution in [0.1, 0.15) is 42.5 Å². The summed E-state index contributed by atoms with van der Waals surface area (Å²) in [7, 11) is 3.59. The molecule has 0 amide bonds. The van der Waals surface area contributed by atoms with Crippen LogP contribution < -0.4 is 10.1 Å². The normalized spacial score (nSPS) is 12.8. The molecule has 38 heavy (non-hydrogen) atoms. The molecule has 4 aromatic rings. The number of halogens is 3. The number of rotatable bonds is 10. The van der Waals surface area contributed by atoms with Crippen molar-refractivity contribution < 1.29 is 23.0 Å². The minimum Gasteiger partial charge on any atom is -0.489 e. The van der Waals surface area contributed by atoms with Crippen LogP contribution in [-0.2, 0) is 20.0 Å². The van der Waals surface area contributed by atoms with Crippen molar-refractivity contribution in [1.82, 2.24) is 20.1 Å². The van der Waals surface area contributed by atoms with Gasteiger partial charge in [0.1, 0.15) is 6.10 Å². The van der Waals surface area contributed by atoms with Crippen molar-refractivity contribution in [2.45, 2.75) is 39.8 Å². The molecular weight excluding hydrogens is 493 g/mol. The summed E-state index contributed by atoms with van der Waals surface area (Å²) in [5, 5.41) is 19.3. The van der Waals surface area contributed by atoms with E-state index in [1.54, 1.807) is 37.8 Å². The molecule has 1 atom stereocenters. The molecular formula is C29H33F3N4O2. The molecule has 4 rings (SSSR count). The third kappa shape index (κ3) is 5.26. The molecule has 1 unspecified atom stereocenters. The second kappa shape index (κ2) is 11.1. The number of hydrogen-bond acceptors (Lipinski definition) is 5. The number of nitrogens with one attached hydrogen (secondary N) is 1. The minimum absolute atomic E-state index is 0.00415. The van der Waals surface area contributed by atoms with Crippen LogP contribution in [0.25, 0.3) is 22.0 Å². The Labute approximate surface area is 220 Å². The zero-order valence-electron chi connectivity index (χ0n) is 22.3. The number of nitrogens with zero attached hydrogens (tertiary/aromatic N) is 3. The van der Waals surface area contributed by atoms with E-state index in [0.29, 0.717) is 28.9 Å². The summed E-state index contributed by atoms with van der Waals surface area (Å²) in [5.74, 6) is -2.29. The van der Waals surface area contributed by atoms with Crippen molar-refractivity contribution in [3.8, 4) is 16.9 Å². The van der Waals surface area contributed by atoms with Crippen LogP contribution >= 0.6 is 0 Å². The van der Waals surface area contributed by atoms with E-state index in [1.807, 2.05) is 32.2 Å². The summed E-state index contributed by atoms with van der Waals surface area (Å²) in [6.45, 7) is 4.97. The highest BCUT2D eigenvalue weighted by Crippen LogP contribution is 2.37. The number of hydrogen-bond donors (Lipinski definition) is 2. The van der Waals surface area contributed by atoms with Crippen molar-refractivity contribution >= 4 is 10.9 Å². The molecule has 0 saturated carbocycles. The molecule has 0 aliphatic rings. The van der Waals surface area contributed by atoms with Gasteiger partial charge in [-0.05, 0) is 55.4 Å². The van der Waals surface area contributed by atoms with Gasteiger partial charge < -0.3 is 15.2 Å². The van der Waals surface area contributed by atoms with E-state index in [0.717, 1.165) is 28.2 Å². The van der Waals surface area contributed by atoms with Crippen molar-refractivity contribution in [2.75, 3.05) is 20.3 Å². The Kier molecular flexibility index (Phi) is 8.08. The number of fused-ring (bicyclic) bond motifs is 1. The Bertz CT molecular complexity index is 1450. The quantitative estimate of drug-likeness (QED) is 0.282. The van der Waals surface area contributed by atoms with E-state index in [4.69, 9.17) is 4.74 Å². The summed E-state index contributed by atoms with van der Waals surface area (Å²) in [5.41, 5.74) is 3.68. The zero-order chi connectivity index (χ0) is 27.6. The van der Waals surface area contributed by atoms with Gasteiger partial charge in [0.15, 0.2) is 11.6 Å². The Morgan fingerprint density at radius 2 is 1.92 bits per heavy atom. The molecule has 2 N–H and O–H groups in total. The first-order valence-corrected chi connectivity index (χ1v) is 12.5. The number of alkyl halides is 1. The van der Waals surface area contributed by atoms with Gasteiger partial charge in [-0.25, -0.2) is 4.39 Å². The number of pyridine rings is 1. The first-order valence-electron chi connectivity index (χ1n) is 12.5. The van der Waals surface area contributed by atoms with E-state index in [2.05, 4.69) is 15.4 Å². The Morgan fingerprint density at radius 3 is 2.63 bits per heavy atom. The topological polar surface area (TPSA) is 72.2 Å². The molecule has 0 saturated heterocycles. The highest BCUT2D eigenvalue weighted by Gasteiger charge is 2.34. The van der Waals surface area contributed by atoms with Crippen LogP contribution in [-0.4, -0.2) is 40.2 Å². The van der Waals surface area contributed by atoms with Crippen molar-refractivity contribution in [3.05, 3.63) is 76.7 Å². The van der Waals surface area contributed by atoms with Crippen molar-refractivity contribution in [1.29, 1.82) is 0 Å². The Hall–Kier alpha value is -3.43. The van der Waals surface area contributed by atoms with Gasteiger partial charge in [0, 0.05) is 53.8 Å². The largest absolute Gasteiger partial charge is 0.489 e. The molecule has 0 aliphatic heterocycles. The molecule has 0 fully saturated rings. The van der Waals surface area contributed by atoms with Crippen LogP contribution in [0.3, 0.4) is 0 Å². The van der Waals surface area contributed by atoms with Crippen LogP contribution in [0.15, 0.2) is 42.6 Å². The lowest BCUT2D eigenvalue weighted by molar-refractivity contribution is 0.0266. The first kappa shape index (κ1) is 27.6. The van der Waals surface area contributed by atoms with E-state index in [-0.39, 0.29) is 18.8 Å². The van der Waals surface area contributed by atoms with E-state index in [9.17, 15) is 13.9 Å². The summed E-state index contributed by atoms with van der Waals surface area (Å²) in [6.07, 6.45) is 0.862. The number of aliphatic hydroxyl groups excluding tert-OH is 1. The molecule has 2 aromatic heterocycles. The number of benzene rings is 2. The van der Waals surface area contributed by atoms with Crippen LogP contribution in [0.5, 0.6) is 5.75 Å². The highest BCUT2D eigenvalue weighted by atomic mass is 19.2. The van der Waals surface area contributed by atoms with Gasteiger partial charge in [0.25, 0.3) is 0 Å². The third-order valence-electron chi connectivity index (χ3n) is 6.99. The standard InChI is InChI=1S/C29H33F3N4O2/c1-17-20(26(35-36(17)5)28(37)29(2,3)16-30)11-13-38-27-21(7-8-23(31)25(27)32)18-6-9-24-22(14-18)19(15-33-4)10-12-34-24/h6-10,12,14,28,33,37H,11,13,15-16H2,1-5H3. The van der Waals surface area contributed by atoms with Crippen LogP contribution in [0, 0.1) is 24.0 Å². The van der Waals surface area contributed by atoms with E-state index < -0.39 is 29.8 Å². The first-order chi connectivity index (χ1) is 18.1. The van der Waals surface area contributed by atoms with Gasteiger partial charge in [-0.3, -0.25) is 14.1 Å². The monoisotopic (exact) mass is 526 g/mol. The zero-order valence-corrected chi connectivity index (χ0v) is 22.3. The van der Waals surface area contributed by atoms with E-state index >= 15 is 4.39 Å². The van der Waals surface area contributed by atoms with Crippen molar-refractivity contribution in [2.24, 2.45) is 12.5 Å². The summed E-state index contributed by atoms with van der Waals surface area (Å²) < 4.78 is 50.4. The highest BCUT2D eigenvalue weighted by molar-refractivity contribution is 5.88. The summed E-state index contributed by atoms with van der Waals surface area (Å²) in [6, 6.07) is 10.0.